The zero-order valence-corrected chi connectivity index (χ0v) is 34.6. The molecule has 0 aliphatic rings. The topological polar surface area (TPSA) is 303 Å². The van der Waals surface area contributed by atoms with Gasteiger partial charge in [-0.05, 0) is 82.2 Å². The molecular formula is C32H38BrN8NaO9S2. The molecule has 53 heavy (non-hydrogen) atoms. The Morgan fingerprint density at radius 1 is 1.00 bits per heavy atom. The molecule has 0 aliphatic carbocycles. The Bertz CT molecular complexity index is 2010. The maximum absolute atomic E-state index is 12.0. The predicted molar refractivity (Wildman–Crippen MR) is 199 cm³/mol. The van der Waals surface area contributed by atoms with Crippen LogP contribution in [0.1, 0.15) is 56.1 Å². The number of nitrogens with one attached hydrogen (secondary N) is 3. The number of nitrogens with two attached hydrogens (primary N) is 3. The van der Waals surface area contributed by atoms with E-state index in [0.29, 0.717) is 15.9 Å². The minimum absolute atomic E-state index is 0. The van der Waals surface area contributed by atoms with E-state index in [1.54, 1.807) is 12.3 Å². The number of esters is 1. The number of carboxylic acids is 1. The molecule has 0 aromatic carbocycles. The van der Waals surface area contributed by atoms with Crippen LogP contribution in [0.25, 0.3) is 11.0 Å². The molecule has 0 radical (unpaired) electrons. The number of rotatable bonds is 10. The van der Waals surface area contributed by atoms with Crippen LogP contribution in [0.4, 0.5) is 17.7 Å². The molecule has 9 N–H and O–H groups in total. The first-order valence-corrected chi connectivity index (χ1v) is 17.6. The zero-order valence-electron chi connectivity index (χ0n) is 29.4. The molecule has 1 unspecified atom stereocenters. The smallest absolute Gasteiger partial charge is 0.550 e. The molecule has 0 saturated heterocycles. The number of fused-ring (bicyclic) bond motifs is 1. The normalized spacial score (nSPS) is 10.1. The van der Waals surface area contributed by atoms with Crippen molar-refractivity contribution in [1.29, 1.82) is 0 Å². The second kappa shape index (κ2) is 26.4. The Kier molecular flexibility index (Phi) is 24.1. The summed E-state index contributed by atoms with van der Waals surface area (Å²) in [5, 5.41) is 9.45. The number of hydrogen-bond acceptors (Lipinski definition) is 16. The van der Waals surface area contributed by atoms with Crippen molar-refractivity contribution in [2.75, 3.05) is 24.3 Å². The summed E-state index contributed by atoms with van der Waals surface area (Å²) in [6, 6.07) is 9.18. The number of nitrogen functional groups attached to an aromatic ring is 3. The van der Waals surface area contributed by atoms with Gasteiger partial charge in [0.25, 0.3) is 11.1 Å². The number of aliphatic carboxylic acids is 1. The Hall–Kier alpha value is -4.43. The van der Waals surface area contributed by atoms with Crippen LogP contribution in [0.2, 0.25) is 0 Å². The number of aryl methyl sites for hydroxylation is 4. The van der Waals surface area contributed by atoms with Crippen LogP contribution < -0.4 is 63.0 Å². The van der Waals surface area contributed by atoms with Crippen LogP contribution in [-0.4, -0.2) is 61.2 Å². The van der Waals surface area contributed by atoms with Crippen molar-refractivity contribution in [3.05, 3.63) is 82.3 Å². The molecule has 280 valence electrons. The van der Waals surface area contributed by atoms with Crippen LogP contribution in [0.5, 0.6) is 0 Å². The molecule has 0 fully saturated rings. The largest absolute Gasteiger partial charge is 1.00 e. The fourth-order valence-electron chi connectivity index (χ4n) is 4.15. The number of aldehydes is 1. The van der Waals surface area contributed by atoms with Crippen LogP contribution >= 0.6 is 38.6 Å². The number of carbonyl (C=O) groups excluding carboxylic acids is 5. The summed E-state index contributed by atoms with van der Waals surface area (Å²) in [6.45, 7) is 3.09. The van der Waals surface area contributed by atoms with Gasteiger partial charge in [-0.1, -0.05) is 15.9 Å². The maximum atomic E-state index is 12.0. The molecule has 5 rings (SSSR count). The van der Waals surface area contributed by atoms with E-state index in [-0.39, 0.29) is 75.3 Å². The number of H-pyrrole nitrogens is 3. The van der Waals surface area contributed by atoms with E-state index in [2.05, 4.69) is 59.9 Å². The molecule has 0 aliphatic heterocycles. The first-order valence-electron chi connectivity index (χ1n) is 15.1. The van der Waals surface area contributed by atoms with E-state index in [1.807, 2.05) is 17.4 Å². The number of nitrogens with zero attached hydrogens (tertiary/aromatic N) is 2. The van der Waals surface area contributed by atoms with Crippen LogP contribution in [0.3, 0.4) is 0 Å². The van der Waals surface area contributed by atoms with E-state index < -0.39 is 5.97 Å². The second-order valence-electron chi connectivity index (χ2n) is 10.3. The number of halogens is 1. The van der Waals surface area contributed by atoms with Crippen molar-refractivity contribution in [2.24, 2.45) is 0 Å². The number of methoxy groups -OCH3 is 1. The van der Waals surface area contributed by atoms with Crippen LogP contribution in [-0.2, 0) is 43.2 Å². The summed E-state index contributed by atoms with van der Waals surface area (Å²) in [4.78, 5) is 89.2. The Morgan fingerprint density at radius 2 is 1.58 bits per heavy atom. The number of anilines is 3. The summed E-state index contributed by atoms with van der Waals surface area (Å²) < 4.78 is 4.70. The predicted octanol–water partition coefficient (Wildman–Crippen LogP) is -0.691. The third kappa shape index (κ3) is 19.8. The molecule has 0 amide bonds. The van der Waals surface area contributed by atoms with Crippen molar-refractivity contribution in [1.82, 2.24) is 24.9 Å². The molecule has 1 atom stereocenters. The number of aromatic nitrogens is 5. The van der Waals surface area contributed by atoms with E-state index in [0.717, 1.165) is 68.2 Å². The van der Waals surface area contributed by atoms with Gasteiger partial charge in [-0.15, -0.1) is 22.7 Å². The van der Waals surface area contributed by atoms with E-state index >= 15 is 0 Å². The van der Waals surface area contributed by atoms with Crippen molar-refractivity contribution < 1.29 is 63.4 Å². The molecule has 0 spiro atoms. The van der Waals surface area contributed by atoms with Gasteiger partial charge in [0.2, 0.25) is 11.9 Å². The van der Waals surface area contributed by atoms with Gasteiger partial charge >= 0.3 is 41.7 Å². The monoisotopic (exact) mass is 844 g/mol. The van der Waals surface area contributed by atoms with Gasteiger partial charge in [0.1, 0.15) is 22.6 Å². The van der Waals surface area contributed by atoms with E-state index in [9.17, 15) is 19.2 Å². The minimum atomic E-state index is -1.08. The third-order valence-corrected chi connectivity index (χ3v) is 9.05. The maximum Gasteiger partial charge on any atom is 1.00 e. The van der Waals surface area contributed by atoms with Gasteiger partial charge < -0.3 is 41.6 Å². The average molecular weight is 846 g/mol. The summed E-state index contributed by atoms with van der Waals surface area (Å²) in [6.07, 6.45) is 8.52. The molecule has 5 heterocycles. The summed E-state index contributed by atoms with van der Waals surface area (Å²) in [7, 11) is 1.37. The van der Waals surface area contributed by atoms with Crippen molar-refractivity contribution in [2.45, 2.75) is 57.2 Å². The number of aromatic amines is 3. The Morgan fingerprint density at radius 3 is 2.13 bits per heavy atom. The third-order valence-electron chi connectivity index (χ3n) is 6.19. The molecule has 5 aromatic heterocycles. The molecule has 5 aromatic rings. The van der Waals surface area contributed by atoms with Crippen LogP contribution in [0, 0.1) is 6.92 Å². The standard InChI is InChI=1S/C15H16N4O3S.C10H13BrOS.C4H6N4O.C2H4O2.CO2.Na/c1-22-14(21)10-6-5-9(23-10)4-2-3-8-7-17-12-11(8)13(20)19-15(16)18-12;1-8-5-6-10(13-8)4-2-3-9(11)7-12;5-2-1-3(9)8-4(6)7-2;1-2(3)4;2-1-3;/h5-7H,2-4H2,1H3,(H4,16,17,18,19,20);5-7,9H,2-4H2,1H3;1H,(H5,5,6,7,8,9);1H3,(H,3,4);;/q;;;;;+1/p-1. The number of alkyl halides is 1. The Balaban J connectivity index is 0.000000761. The molecule has 0 saturated carbocycles. The molecular weight excluding hydrogens is 807 g/mol. The van der Waals surface area contributed by atoms with Gasteiger partial charge in [-0.2, -0.15) is 19.6 Å². The summed E-state index contributed by atoms with van der Waals surface area (Å²) >= 11 is 6.57. The van der Waals surface area contributed by atoms with Gasteiger partial charge in [0, 0.05) is 32.9 Å². The first kappa shape index (κ1) is 48.6. The fraction of sp³-hybridized carbons (Fsp3) is 0.312. The Labute approximate surface area is 341 Å². The van der Waals surface area contributed by atoms with Gasteiger partial charge in [0.15, 0.2) is 0 Å². The zero-order chi connectivity index (χ0) is 39.2. The fourth-order valence-corrected chi connectivity index (χ4v) is 6.37. The number of thiophene rings is 2. The number of carbonyl (C=O) groups is 3. The molecule has 0 bridgehead atoms. The number of ether oxygens (including phenoxy) is 1. The van der Waals surface area contributed by atoms with Crippen molar-refractivity contribution in [3.8, 4) is 0 Å². The first-order chi connectivity index (χ1) is 24.6. The van der Waals surface area contributed by atoms with Crippen LogP contribution in [0.15, 0.2) is 46.1 Å². The minimum Gasteiger partial charge on any atom is -0.550 e. The number of hydrogen-bond donors (Lipinski definition) is 6. The number of carboxylic acid groups (broad SMARTS) is 1. The van der Waals surface area contributed by atoms with Gasteiger partial charge in [-0.3, -0.25) is 19.6 Å². The SMILES string of the molecule is CC(=O)[O-].COC(=O)c1ccc(CCCc2c[nH]c3nc(N)[nH]c(=O)c23)s1.Cc1ccc(CCCC(Br)C=O)s1.Nc1cc(=O)[nH]c(N)n1.O=C=O.[Na+]. The second-order valence-corrected chi connectivity index (χ2v) is 14.0. The molecule has 17 nitrogen and oxygen atoms in total. The van der Waals surface area contributed by atoms with Gasteiger partial charge in [0.05, 0.1) is 17.3 Å². The average Bonchev–Trinajstić information content (AvgIpc) is 3.81. The van der Waals surface area contributed by atoms with Gasteiger partial charge in [-0.25, -0.2) is 4.79 Å². The van der Waals surface area contributed by atoms with E-state index in [1.165, 1.54) is 28.2 Å². The molecule has 21 heteroatoms. The van der Waals surface area contributed by atoms with E-state index in [4.69, 9.17) is 41.4 Å². The quantitative estimate of drug-likeness (QED) is 0.0439. The summed E-state index contributed by atoms with van der Waals surface area (Å²) in [5.74, 6) is -1.12. The summed E-state index contributed by atoms with van der Waals surface area (Å²) in [5.41, 5.74) is 16.6. The van der Waals surface area contributed by atoms with Crippen molar-refractivity contribution >= 4 is 91.7 Å². The van der Waals surface area contributed by atoms with Crippen molar-refractivity contribution in [3.63, 3.8) is 0 Å².